The average Bonchev–Trinajstić information content (AvgIpc) is 3.09. The summed E-state index contributed by atoms with van der Waals surface area (Å²) < 4.78 is 0. The number of aromatic amines is 1. The predicted molar refractivity (Wildman–Crippen MR) is 76.8 cm³/mol. The lowest BCUT2D eigenvalue weighted by molar-refractivity contribution is 0.0535. The Morgan fingerprint density at radius 3 is 2.00 bits per heavy atom. The lowest BCUT2D eigenvalue weighted by Gasteiger charge is -2.34. The van der Waals surface area contributed by atoms with Gasteiger partial charge in [-0.1, -0.05) is 0 Å². The molecule has 1 fully saturated rings. The molecule has 0 bridgehead atoms. The predicted octanol–water partition coefficient (Wildman–Crippen LogP) is 1.01. The van der Waals surface area contributed by atoms with E-state index in [0.29, 0.717) is 37.3 Å². The molecule has 2 aromatic rings. The minimum Gasteiger partial charge on any atom is -0.367 e. The fraction of sp³-hybridized carbons (Fsp3) is 0.267. The molecular weight excluding hydrogens is 268 g/mol. The summed E-state index contributed by atoms with van der Waals surface area (Å²) >= 11 is 0. The molecule has 2 aromatic heterocycles. The van der Waals surface area contributed by atoms with Crippen molar-refractivity contribution in [2.45, 2.75) is 0 Å². The molecule has 0 atom stereocenters. The minimum absolute atomic E-state index is 0.00672. The normalized spacial score (nSPS) is 15.0. The van der Waals surface area contributed by atoms with Gasteiger partial charge in [-0.25, -0.2) is 0 Å². The van der Waals surface area contributed by atoms with Crippen molar-refractivity contribution >= 4 is 11.8 Å². The van der Waals surface area contributed by atoms with Gasteiger partial charge >= 0.3 is 0 Å². The third-order valence-electron chi connectivity index (χ3n) is 3.63. The Bertz CT molecular complexity index is 616. The number of pyridine rings is 1. The van der Waals surface area contributed by atoms with Crippen molar-refractivity contribution in [3.63, 3.8) is 0 Å². The van der Waals surface area contributed by atoms with Gasteiger partial charge in [-0.05, 0) is 18.2 Å². The first-order valence-corrected chi connectivity index (χ1v) is 6.87. The van der Waals surface area contributed by atoms with Gasteiger partial charge < -0.3 is 14.8 Å². The number of hydrogen-bond acceptors (Lipinski definition) is 3. The quantitative estimate of drug-likeness (QED) is 0.894. The van der Waals surface area contributed by atoms with Crippen LogP contribution in [0.1, 0.15) is 20.7 Å². The number of piperazine rings is 1. The third-order valence-corrected chi connectivity index (χ3v) is 3.63. The molecular formula is C15H16N4O2. The molecule has 2 amide bonds. The Hall–Kier alpha value is -2.63. The second-order valence-corrected chi connectivity index (χ2v) is 4.92. The van der Waals surface area contributed by atoms with Crippen LogP contribution in [0.25, 0.3) is 0 Å². The van der Waals surface area contributed by atoms with E-state index in [9.17, 15) is 9.59 Å². The van der Waals surface area contributed by atoms with Crippen molar-refractivity contribution in [2.75, 3.05) is 26.2 Å². The number of nitrogens with one attached hydrogen (secondary N) is 1. The first kappa shape index (κ1) is 13.4. The Kier molecular flexibility index (Phi) is 3.68. The van der Waals surface area contributed by atoms with Gasteiger partial charge in [0.15, 0.2) is 0 Å². The molecule has 1 saturated heterocycles. The molecule has 0 spiro atoms. The smallest absolute Gasteiger partial charge is 0.255 e. The lowest BCUT2D eigenvalue weighted by Crippen LogP contribution is -2.50. The van der Waals surface area contributed by atoms with Crippen LogP contribution in [-0.2, 0) is 0 Å². The summed E-state index contributed by atoms with van der Waals surface area (Å²) in [5.74, 6) is -0.00148. The van der Waals surface area contributed by atoms with Gasteiger partial charge in [0.2, 0.25) is 0 Å². The zero-order valence-corrected chi connectivity index (χ0v) is 11.5. The van der Waals surface area contributed by atoms with Crippen molar-refractivity contribution in [2.24, 2.45) is 0 Å². The molecule has 21 heavy (non-hydrogen) atoms. The van der Waals surface area contributed by atoms with E-state index in [1.54, 1.807) is 52.8 Å². The highest BCUT2D eigenvalue weighted by Crippen LogP contribution is 2.11. The van der Waals surface area contributed by atoms with E-state index in [4.69, 9.17) is 0 Å². The Morgan fingerprint density at radius 2 is 1.48 bits per heavy atom. The van der Waals surface area contributed by atoms with Gasteiger partial charge in [-0.3, -0.25) is 14.6 Å². The van der Waals surface area contributed by atoms with Crippen molar-refractivity contribution in [3.8, 4) is 0 Å². The second kappa shape index (κ2) is 5.78. The summed E-state index contributed by atoms with van der Waals surface area (Å²) in [6.07, 6.45) is 6.64. The van der Waals surface area contributed by atoms with Gasteiger partial charge in [0, 0.05) is 56.5 Å². The summed E-state index contributed by atoms with van der Waals surface area (Å²) in [4.78, 5) is 34.8. The first-order chi connectivity index (χ1) is 10.3. The van der Waals surface area contributed by atoms with E-state index >= 15 is 0 Å². The van der Waals surface area contributed by atoms with E-state index in [0.717, 1.165) is 0 Å². The van der Waals surface area contributed by atoms with E-state index in [1.165, 1.54) is 0 Å². The minimum atomic E-state index is -0.00820. The summed E-state index contributed by atoms with van der Waals surface area (Å²) in [6.45, 7) is 2.22. The molecule has 0 radical (unpaired) electrons. The van der Waals surface area contributed by atoms with Crippen LogP contribution in [0.15, 0.2) is 43.0 Å². The number of H-pyrrole nitrogens is 1. The number of hydrogen-bond donors (Lipinski definition) is 1. The SMILES string of the molecule is O=C(c1ccncc1)N1CCN(C(=O)c2cc[nH]c2)CC1. The van der Waals surface area contributed by atoms with Gasteiger partial charge in [0.1, 0.15) is 0 Å². The van der Waals surface area contributed by atoms with Crippen LogP contribution in [0.4, 0.5) is 0 Å². The van der Waals surface area contributed by atoms with E-state index in [1.807, 2.05) is 0 Å². The molecule has 108 valence electrons. The summed E-state index contributed by atoms with van der Waals surface area (Å²) in [6, 6.07) is 5.18. The molecule has 1 aliphatic rings. The molecule has 1 aliphatic heterocycles. The molecule has 6 nitrogen and oxygen atoms in total. The van der Waals surface area contributed by atoms with Crippen molar-refractivity contribution in [1.29, 1.82) is 0 Å². The van der Waals surface area contributed by atoms with Gasteiger partial charge in [-0.2, -0.15) is 0 Å². The van der Waals surface area contributed by atoms with Gasteiger partial charge in [0.25, 0.3) is 11.8 Å². The maximum Gasteiger partial charge on any atom is 0.255 e. The molecule has 0 aromatic carbocycles. The van der Waals surface area contributed by atoms with Crippen molar-refractivity contribution in [3.05, 3.63) is 54.1 Å². The maximum atomic E-state index is 12.3. The standard InChI is InChI=1S/C15H16N4O2/c20-14(12-1-4-16-5-2-12)18-7-9-19(10-8-18)15(21)13-3-6-17-11-13/h1-6,11,17H,7-10H2. The second-order valence-electron chi connectivity index (χ2n) is 4.92. The summed E-state index contributed by atoms with van der Waals surface area (Å²) in [7, 11) is 0. The monoisotopic (exact) mass is 284 g/mol. The maximum absolute atomic E-state index is 12.3. The molecule has 6 heteroatoms. The molecule has 0 saturated carbocycles. The van der Waals surface area contributed by atoms with Crippen LogP contribution < -0.4 is 0 Å². The van der Waals surface area contributed by atoms with Crippen LogP contribution >= 0.6 is 0 Å². The van der Waals surface area contributed by atoms with Crippen LogP contribution in [0.3, 0.4) is 0 Å². The summed E-state index contributed by atoms with van der Waals surface area (Å²) in [5.41, 5.74) is 1.29. The highest BCUT2D eigenvalue weighted by Gasteiger charge is 2.25. The topological polar surface area (TPSA) is 69.3 Å². The fourth-order valence-electron chi connectivity index (χ4n) is 2.43. The van der Waals surface area contributed by atoms with Crippen LogP contribution in [-0.4, -0.2) is 57.8 Å². The number of carbonyl (C=O) groups is 2. The summed E-state index contributed by atoms with van der Waals surface area (Å²) in [5, 5.41) is 0. The largest absolute Gasteiger partial charge is 0.367 e. The van der Waals surface area contributed by atoms with E-state index < -0.39 is 0 Å². The van der Waals surface area contributed by atoms with E-state index in [2.05, 4.69) is 9.97 Å². The number of aromatic nitrogens is 2. The van der Waals surface area contributed by atoms with Crippen LogP contribution in [0.5, 0.6) is 0 Å². The average molecular weight is 284 g/mol. The van der Waals surface area contributed by atoms with Crippen molar-refractivity contribution in [1.82, 2.24) is 19.8 Å². The number of carbonyl (C=O) groups excluding carboxylic acids is 2. The van der Waals surface area contributed by atoms with Crippen LogP contribution in [0.2, 0.25) is 0 Å². The Labute approximate surface area is 122 Å². The van der Waals surface area contributed by atoms with Crippen LogP contribution in [0, 0.1) is 0 Å². The lowest BCUT2D eigenvalue weighted by atomic mass is 10.2. The zero-order valence-electron chi connectivity index (χ0n) is 11.5. The molecule has 1 N–H and O–H groups in total. The van der Waals surface area contributed by atoms with Crippen molar-refractivity contribution < 1.29 is 9.59 Å². The zero-order chi connectivity index (χ0) is 14.7. The van der Waals surface area contributed by atoms with E-state index in [-0.39, 0.29) is 11.8 Å². The Balaban J connectivity index is 1.60. The Morgan fingerprint density at radius 1 is 0.905 bits per heavy atom. The third kappa shape index (κ3) is 2.79. The highest BCUT2D eigenvalue weighted by atomic mass is 16.2. The molecule has 0 unspecified atom stereocenters. The molecule has 3 heterocycles. The fourth-order valence-corrected chi connectivity index (χ4v) is 2.43. The number of amides is 2. The highest BCUT2D eigenvalue weighted by molar-refractivity contribution is 5.95. The first-order valence-electron chi connectivity index (χ1n) is 6.87. The van der Waals surface area contributed by atoms with Gasteiger partial charge in [0.05, 0.1) is 5.56 Å². The van der Waals surface area contributed by atoms with Gasteiger partial charge in [-0.15, -0.1) is 0 Å². The molecule has 0 aliphatic carbocycles. The number of nitrogens with zero attached hydrogens (tertiary/aromatic N) is 3. The number of rotatable bonds is 2. The molecule has 3 rings (SSSR count).